The van der Waals surface area contributed by atoms with Crippen LogP contribution in [0.15, 0.2) is 47.6 Å². The molecule has 156 valence electrons. The van der Waals surface area contributed by atoms with Crippen LogP contribution in [0.4, 0.5) is 18.9 Å². The Bertz CT molecular complexity index is 867. The third-order valence-electron chi connectivity index (χ3n) is 3.50. The highest BCUT2D eigenvalue weighted by Crippen LogP contribution is 2.30. The van der Waals surface area contributed by atoms with Crippen LogP contribution in [-0.4, -0.2) is 31.9 Å². The topological polar surface area (TPSA) is 69.2 Å². The average Bonchev–Trinajstić information content (AvgIpc) is 2.65. The summed E-state index contributed by atoms with van der Waals surface area (Å²) in [5.74, 6) is 0.464. The lowest BCUT2D eigenvalue weighted by atomic mass is 10.2. The van der Waals surface area contributed by atoms with Gasteiger partial charge in [0.05, 0.1) is 25.0 Å². The Hall–Kier alpha value is -3.23. The molecule has 0 saturated heterocycles. The number of nitrogens with one attached hydrogen (secondary N) is 1. The molecule has 0 heterocycles. The molecule has 0 saturated carbocycles. The summed E-state index contributed by atoms with van der Waals surface area (Å²) in [7, 11) is 1.51. The maximum atomic E-state index is 12.7. The van der Waals surface area contributed by atoms with Gasteiger partial charge in [0.25, 0.3) is 5.91 Å². The lowest BCUT2D eigenvalue weighted by molar-refractivity contribution is -0.137. The third kappa shape index (κ3) is 7.02. The molecule has 29 heavy (non-hydrogen) atoms. The predicted molar refractivity (Wildman–Crippen MR) is 102 cm³/mol. The molecule has 1 N–H and O–H groups in total. The zero-order chi connectivity index (χ0) is 21.4. The summed E-state index contributed by atoms with van der Waals surface area (Å²) in [6, 6.07) is 9.46. The number of carbonyl (C=O) groups excluding carboxylic acids is 1. The maximum Gasteiger partial charge on any atom is 0.416 e. The number of rotatable bonds is 8. The van der Waals surface area contributed by atoms with Crippen molar-refractivity contribution >= 4 is 17.8 Å². The number of ether oxygens (including phenoxy) is 2. The Balaban J connectivity index is 1.89. The smallest absolute Gasteiger partial charge is 0.416 e. The van der Waals surface area contributed by atoms with E-state index in [9.17, 15) is 18.0 Å². The monoisotopic (exact) mass is 410 g/mol. The van der Waals surface area contributed by atoms with Crippen molar-refractivity contribution in [2.75, 3.05) is 19.0 Å². The Labute approximate surface area is 166 Å². The number of benzene rings is 2. The van der Waals surface area contributed by atoms with Crippen molar-refractivity contribution in [3.63, 3.8) is 0 Å². The summed E-state index contributed by atoms with van der Waals surface area (Å²) < 4.78 is 48.9. The van der Waals surface area contributed by atoms with E-state index in [1.54, 1.807) is 18.2 Å². The van der Waals surface area contributed by atoms with Crippen LogP contribution in [-0.2, 0) is 15.8 Å². The van der Waals surface area contributed by atoms with Crippen LogP contribution in [0.3, 0.4) is 0 Å². The molecule has 2 aromatic rings. The van der Waals surface area contributed by atoms with Gasteiger partial charge in [-0.05, 0) is 50.2 Å². The largest absolute Gasteiger partial charge is 0.493 e. The van der Waals surface area contributed by atoms with Gasteiger partial charge in [0.1, 0.15) is 0 Å². The third-order valence-corrected chi connectivity index (χ3v) is 3.50. The Morgan fingerprint density at radius 3 is 2.59 bits per heavy atom. The van der Waals surface area contributed by atoms with Crippen molar-refractivity contribution < 1.29 is 32.3 Å². The van der Waals surface area contributed by atoms with Crippen molar-refractivity contribution in [3.05, 3.63) is 53.6 Å². The Morgan fingerprint density at radius 2 is 1.93 bits per heavy atom. The summed E-state index contributed by atoms with van der Waals surface area (Å²) >= 11 is 0. The first-order valence-corrected chi connectivity index (χ1v) is 8.66. The van der Waals surface area contributed by atoms with Crippen molar-refractivity contribution in [3.8, 4) is 11.5 Å². The van der Waals surface area contributed by atoms with Crippen molar-refractivity contribution in [1.82, 2.24) is 0 Å². The quantitative estimate of drug-likeness (QED) is 0.514. The van der Waals surface area contributed by atoms with E-state index in [0.717, 1.165) is 12.1 Å². The van der Waals surface area contributed by atoms with E-state index < -0.39 is 24.3 Å². The zero-order valence-corrected chi connectivity index (χ0v) is 16.1. The van der Waals surface area contributed by atoms with E-state index >= 15 is 0 Å². The fourth-order valence-electron chi connectivity index (χ4n) is 2.28. The second-order valence-electron chi connectivity index (χ2n) is 6.21. The second-order valence-corrected chi connectivity index (χ2v) is 6.21. The summed E-state index contributed by atoms with van der Waals surface area (Å²) in [6.45, 7) is 3.33. The van der Waals surface area contributed by atoms with E-state index in [-0.39, 0.29) is 11.8 Å². The van der Waals surface area contributed by atoms with Gasteiger partial charge in [-0.1, -0.05) is 11.2 Å². The molecule has 0 atom stereocenters. The van der Waals surface area contributed by atoms with Gasteiger partial charge >= 0.3 is 6.18 Å². The number of hydrogen-bond donors (Lipinski definition) is 1. The number of halogens is 3. The molecule has 0 fully saturated rings. The summed E-state index contributed by atoms with van der Waals surface area (Å²) in [6.07, 6.45) is -3.13. The molecule has 0 unspecified atom stereocenters. The number of oxime groups is 1. The molecule has 0 aliphatic heterocycles. The molecule has 9 heteroatoms. The van der Waals surface area contributed by atoms with E-state index in [2.05, 4.69) is 10.5 Å². The minimum absolute atomic E-state index is 0.0120. The van der Waals surface area contributed by atoms with Gasteiger partial charge in [-0.25, -0.2) is 0 Å². The number of amides is 1. The summed E-state index contributed by atoms with van der Waals surface area (Å²) in [4.78, 5) is 16.7. The van der Waals surface area contributed by atoms with Gasteiger partial charge in [-0.3, -0.25) is 4.79 Å². The summed E-state index contributed by atoms with van der Waals surface area (Å²) in [5.41, 5.74) is -0.188. The highest BCUT2D eigenvalue weighted by Gasteiger charge is 2.30. The van der Waals surface area contributed by atoms with Crippen LogP contribution >= 0.6 is 0 Å². The first-order chi connectivity index (χ1) is 13.7. The molecular weight excluding hydrogens is 389 g/mol. The van der Waals surface area contributed by atoms with Crippen LogP contribution in [0.25, 0.3) is 0 Å². The van der Waals surface area contributed by atoms with Crippen LogP contribution in [0.2, 0.25) is 0 Å². The van der Waals surface area contributed by atoms with E-state index in [4.69, 9.17) is 14.3 Å². The molecule has 0 radical (unpaired) electrons. The number of alkyl halides is 3. The normalized spacial score (nSPS) is 11.6. The Morgan fingerprint density at radius 1 is 1.17 bits per heavy atom. The van der Waals surface area contributed by atoms with Crippen LogP contribution in [0.5, 0.6) is 11.5 Å². The number of methoxy groups -OCH3 is 1. The molecule has 2 rings (SSSR count). The molecular formula is C20H21F3N2O4. The van der Waals surface area contributed by atoms with Crippen molar-refractivity contribution in [2.45, 2.75) is 26.1 Å². The van der Waals surface area contributed by atoms with E-state index in [1.165, 1.54) is 25.5 Å². The highest BCUT2D eigenvalue weighted by atomic mass is 19.4. The summed E-state index contributed by atoms with van der Waals surface area (Å²) in [5, 5.41) is 6.01. The van der Waals surface area contributed by atoms with Gasteiger partial charge in [-0.2, -0.15) is 13.2 Å². The van der Waals surface area contributed by atoms with E-state index in [1.807, 2.05) is 13.8 Å². The molecule has 2 aromatic carbocycles. The fourth-order valence-corrected chi connectivity index (χ4v) is 2.28. The zero-order valence-electron chi connectivity index (χ0n) is 16.1. The van der Waals surface area contributed by atoms with Crippen LogP contribution in [0, 0.1) is 0 Å². The standard InChI is InChI=1S/C20H21F3N2O4/c1-13(2)29-17-8-7-14(9-18(17)27-3)11-24-28-12-19(26)25-16-6-4-5-15(10-16)20(21,22)23/h4-11,13H,12H2,1-3H3,(H,25,26)/b24-11-. The number of carbonyl (C=O) groups is 1. The molecule has 0 aliphatic rings. The fraction of sp³-hybridized carbons (Fsp3) is 0.300. The number of hydrogen-bond acceptors (Lipinski definition) is 5. The van der Waals surface area contributed by atoms with Gasteiger partial charge < -0.3 is 19.6 Å². The highest BCUT2D eigenvalue weighted by molar-refractivity contribution is 5.91. The van der Waals surface area contributed by atoms with Gasteiger partial charge in [0.2, 0.25) is 0 Å². The molecule has 0 bridgehead atoms. The SMILES string of the molecule is COc1cc(/C=N\OCC(=O)Nc2cccc(C(F)(F)F)c2)ccc1OC(C)C. The van der Waals surface area contributed by atoms with Crippen molar-refractivity contribution in [1.29, 1.82) is 0 Å². The van der Waals surface area contributed by atoms with E-state index in [0.29, 0.717) is 17.1 Å². The number of anilines is 1. The van der Waals surface area contributed by atoms with Crippen LogP contribution in [0.1, 0.15) is 25.0 Å². The maximum absolute atomic E-state index is 12.7. The molecule has 0 aromatic heterocycles. The molecule has 1 amide bonds. The van der Waals surface area contributed by atoms with Crippen molar-refractivity contribution in [2.24, 2.45) is 5.16 Å². The molecule has 0 spiro atoms. The first-order valence-electron chi connectivity index (χ1n) is 8.66. The first kappa shape index (κ1) is 22.1. The second kappa shape index (κ2) is 9.81. The minimum atomic E-state index is -4.49. The van der Waals surface area contributed by atoms with Crippen LogP contribution < -0.4 is 14.8 Å². The predicted octanol–water partition coefficient (Wildman–Crippen LogP) is 4.49. The minimum Gasteiger partial charge on any atom is -0.493 e. The lowest BCUT2D eigenvalue weighted by Crippen LogP contribution is -2.17. The molecule has 0 aliphatic carbocycles. The van der Waals surface area contributed by atoms with Gasteiger partial charge in [-0.15, -0.1) is 0 Å². The van der Waals surface area contributed by atoms with Gasteiger partial charge in [0.15, 0.2) is 18.1 Å². The molecule has 6 nitrogen and oxygen atoms in total. The Kier molecular flexibility index (Phi) is 7.46. The lowest BCUT2D eigenvalue weighted by Gasteiger charge is -2.13. The van der Waals surface area contributed by atoms with Gasteiger partial charge in [0, 0.05) is 11.3 Å². The number of nitrogens with zero attached hydrogens (tertiary/aromatic N) is 1. The average molecular weight is 410 g/mol.